The number of halogens is 1. The Bertz CT molecular complexity index is 657. The lowest BCUT2D eigenvalue weighted by Crippen LogP contribution is -2.32. The largest absolute Gasteiger partial charge is 0.501 e. The molecule has 0 saturated carbocycles. The third kappa shape index (κ3) is 4.06. The standard InChI is InChI=1S/C16H20ClN3OS/c1-2-5-15-19-9-12(8-14(18)16(21)22)20(15)10-11-6-3-4-7-13(11)17/h3-4,6-7,9,14H,2,5,8,10,18H2,1H3,(H,21,22)/t14-/m0/s1. The van der Waals surface area contributed by atoms with Crippen LogP contribution in [0.1, 0.15) is 30.4 Å². The summed E-state index contributed by atoms with van der Waals surface area (Å²) in [6.07, 6.45) is 4.14. The molecule has 118 valence electrons. The highest BCUT2D eigenvalue weighted by Gasteiger charge is 2.16. The summed E-state index contributed by atoms with van der Waals surface area (Å²) in [5, 5.41) is 9.92. The lowest BCUT2D eigenvalue weighted by molar-refractivity contribution is 0.524. The number of aliphatic hydroxyl groups is 1. The van der Waals surface area contributed by atoms with Crippen LogP contribution in [0.2, 0.25) is 5.02 Å². The van der Waals surface area contributed by atoms with Crippen LogP contribution in [0.15, 0.2) is 30.5 Å². The summed E-state index contributed by atoms with van der Waals surface area (Å²) < 4.78 is 2.11. The van der Waals surface area contributed by atoms with Gasteiger partial charge in [-0.3, -0.25) is 0 Å². The van der Waals surface area contributed by atoms with Gasteiger partial charge >= 0.3 is 0 Å². The maximum absolute atomic E-state index is 9.37. The number of hydrogen-bond donors (Lipinski definition) is 2. The molecule has 0 spiro atoms. The molecule has 0 unspecified atom stereocenters. The van der Waals surface area contributed by atoms with E-state index in [1.54, 1.807) is 6.20 Å². The molecule has 0 bridgehead atoms. The van der Waals surface area contributed by atoms with E-state index in [-0.39, 0.29) is 5.05 Å². The Balaban J connectivity index is 2.32. The molecule has 22 heavy (non-hydrogen) atoms. The van der Waals surface area contributed by atoms with Gasteiger partial charge in [-0.1, -0.05) is 36.7 Å². The summed E-state index contributed by atoms with van der Waals surface area (Å²) in [6.45, 7) is 2.75. The number of aliphatic hydroxyl groups excluding tert-OH is 1. The van der Waals surface area contributed by atoms with Gasteiger partial charge in [0, 0.05) is 29.8 Å². The molecule has 1 heterocycles. The third-order valence-electron chi connectivity index (χ3n) is 3.53. The van der Waals surface area contributed by atoms with Crippen LogP contribution in [-0.4, -0.2) is 25.8 Å². The summed E-state index contributed by atoms with van der Waals surface area (Å²) in [6, 6.07) is 7.19. The molecule has 2 aromatic rings. The van der Waals surface area contributed by atoms with E-state index < -0.39 is 6.04 Å². The van der Waals surface area contributed by atoms with Gasteiger partial charge in [0.2, 0.25) is 0 Å². The molecule has 0 fully saturated rings. The van der Waals surface area contributed by atoms with E-state index in [1.807, 2.05) is 24.3 Å². The molecule has 1 aromatic carbocycles. The van der Waals surface area contributed by atoms with Crippen LogP contribution >= 0.6 is 23.8 Å². The highest BCUT2D eigenvalue weighted by Crippen LogP contribution is 2.19. The molecule has 1 atom stereocenters. The van der Waals surface area contributed by atoms with Gasteiger partial charge in [0.1, 0.15) is 5.82 Å². The van der Waals surface area contributed by atoms with Crippen LogP contribution in [-0.2, 0) is 19.4 Å². The molecule has 0 saturated heterocycles. The number of aryl methyl sites for hydroxylation is 1. The van der Waals surface area contributed by atoms with Crippen molar-refractivity contribution in [3.8, 4) is 0 Å². The van der Waals surface area contributed by atoms with E-state index in [4.69, 9.17) is 29.6 Å². The zero-order valence-corrected chi connectivity index (χ0v) is 14.1. The lowest BCUT2D eigenvalue weighted by atomic mass is 10.1. The molecule has 3 N–H and O–H groups in total. The average molecular weight is 338 g/mol. The highest BCUT2D eigenvalue weighted by atomic mass is 35.5. The molecule has 4 nitrogen and oxygen atoms in total. The number of hydrogen-bond acceptors (Lipinski definition) is 3. The van der Waals surface area contributed by atoms with Crippen LogP contribution in [0.4, 0.5) is 0 Å². The number of nitrogens with two attached hydrogens (primary N) is 1. The molecule has 0 aliphatic carbocycles. The van der Waals surface area contributed by atoms with Gasteiger partial charge in [0.05, 0.1) is 12.6 Å². The van der Waals surface area contributed by atoms with Crippen molar-refractivity contribution < 1.29 is 5.11 Å². The maximum atomic E-state index is 9.37. The number of aromatic nitrogens is 2. The van der Waals surface area contributed by atoms with Crippen molar-refractivity contribution in [2.24, 2.45) is 5.73 Å². The van der Waals surface area contributed by atoms with Crippen LogP contribution in [0, 0.1) is 0 Å². The topological polar surface area (TPSA) is 64.1 Å². The van der Waals surface area contributed by atoms with Crippen molar-refractivity contribution in [2.45, 2.75) is 38.8 Å². The summed E-state index contributed by atoms with van der Waals surface area (Å²) in [5.41, 5.74) is 7.85. The Morgan fingerprint density at radius 3 is 2.82 bits per heavy atom. The Morgan fingerprint density at radius 1 is 1.45 bits per heavy atom. The fourth-order valence-corrected chi connectivity index (χ4v) is 2.62. The Labute approximate surface area is 140 Å². The fourth-order valence-electron chi connectivity index (χ4n) is 2.34. The summed E-state index contributed by atoms with van der Waals surface area (Å²) in [5.74, 6) is 0.994. The first kappa shape index (κ1) is 16.9. The fraction of sp³-hybridized carbons (Fsp3) is 0.375. The number of thiocarbonyl (C=S) groups is 1. The van der Waals surface area contributed by atoms with Crippen LogP contribution in [0.5, 0.6) is 0 Å². The molecule has 0 aliphatic heterocycles. The maximum Gasteiger partial charge on any atom is 0.174 e. The van der Waals surface area contributed by atoms with Crippen molar-refractivity contribution in [1.82, 2.24) is 9.55 Å². The van der Waals surface area contributed by atoms with Gasteiger partial charge in [0.25, 0.3) is 0 Å². The Morgan fingerprint density at radius 2 is 2.18 bits per heavy atom. The van der Waals surface area contributed by atoms with Crippen LogP contribution in [0.25, 0.3) is 0 Å². The van der Waals surface area contributed by atoms with Gasteiger partial charge in [0.15, 0.2) is 5.05 Å². The zero-order valence-electron chi connectivity index (χ0n) is 12.5. The summed E-state index contributed by atoms with van der Waals surface area (Å²) in [7, 11) is 0. The minimum absolute atomic E-state index is 0.178. The van der Waals surface area contributed by atoms with Crippen molar-refractivity contribution in [3.05, 3.63) is 52.6 Å². The number of nitrogens with zero attached hydrogens (tertiary/aromatic N) is 2. The zero-order chi connectivity index (χ0) is 16.1. The Hall–Kier alpha value is -1.43. The first-order chi connectivity index (χ1) is 10.5. The quantitative estimate of drug-likeness (QED) is 0.761. The summed E-state index contributed by atoms with van der Waals surface area (Å²) >= 11 is 11.0. The average Bonchev–Trinajstić information content (AvgIpc) is 2.84. The molecule has 0 aliphatic rings. The van der Waals surface area contributed by atoms with Crippen molar-refractivity contribution in [3.63, 3.8) is 0 Å². The first-order valence-corrected chi connectivity index (χ1v) is 8.06. The van der Waals surface area contributed by atoms with Gasteiger partial charge in [-0.25, -0.2) is 4.98 Å². The van der Waals surface area contributed by atoms with Gasteiger partial charge in [-0.05, 0) is 30.3 Å². The molecule has 2 rings (SSSR count). The highest BCUT2D eigenvalue weighted by molar-refractivity contribution is 7.80. The molecule has 1 aromatic heterocycles. The second-order valence-corrected chi connectivity index (χ2v) is 6.07. The Kier molecular flexibility index (Phi) is 5.94. The normalized spacial score (nSPS) is 12.3. The third-order valence-corrected chi connectivity index (χ3v) is 4.20. The molecule has 0 radical (unpaired) electrons. The lowest BCUT2D eigenvalue weighted by Gasteiger charge is -2.15. The van der Waals surface area contributed by atoms with Crippen molar-refractivity contribution in [1.29, 1.82) is 0 Å². The number of benzene rings is 1. The number of rotatable bonds is 7. The predicted molar refractivity (Wildman–Crippen MR) is 93.7 cm³/mol. The molecular formula is C16H20ClN3OS. The predicted octanol–water partition coefficient (Wildman–Crippen LogP) is 3.29. The molecule has 6 heteroatoms. The van der Waals surface area contributed by atoms with E-state index in [0.29, 0.717) is 13.0 Å². The SMILES string of the molecule is CCCc1ncc(C[C@H](N)C(O)=S)n1Cc1ccccc1Cl. The minimum atomic E-state index is -0.564. The summed E-state index contributed by atoms with van der Waals surface area (Å²) in [4.78, 5) is 4.48. The van der Waals surface area contributed by atoms with Gasteiger partial charge in [-0.15, -0.1) is 0 Å². The molecular weight excluding hydrogens is 318 g/mol. The molecule has 0 amide bonds. The monoisotopic (exact) mass is 337 g/mol. The van der Waals surface area contributed by atoms with E-state index in [9.17, 15) is 5.11 Å². The smallest absolute Gasteiger partial charge is 0.174 e. The van der Waals surface area contributed by atoms with Crippen molar-refractivity contribution >= 4 is 28.9 Å². The van der Waals surface area contributed by atoms with E-state index in [0.717, 1.165) is 34.9 Å². The first-order valence-electron chi connectivity index (χ1n) is 7.28. The van der Waals surface area contributed by atoms with Crippen molar-refractivity contribution in [2.75, 3.05) is 0 Å². The van der Waals surface area contributed by atoms with E-state index >= 15 is 0 Å². The van der Waals surface area contributed by atoms with Gasteiger partial charge < -0.3 is 15.4 Å². The second kappa shape index (κ2) is 7.72. The van der Waals surface area contributed by atoms with Crippen LogP contribution in [0.3, 0.4) is 0 Å². The van der Waals surface area contributed by atoms with E-state index in [2.05, 4.69) is 16.5 Å². The van der Waals surface area contributed by atoms with Crippen LogP contribution < -0.4 is 5.73 Å². The number of imidazole rings is 1. The second-order valence-electron chi connectivity index (χ2n) is 5.24. The van der Waals surface area contributed by atoms with Gasteiger partial charge in [-0.2, -0.15) is 0 Å². The van der Waals surface area contributed by atoms with E-state index in [1.165, 1.54) is 0 Å². The minimum Gasteiger partial charge on any atom is -0.501 e.